The summed E-state index contributed by atoms with van der Waals surface area (Å²) in [6, 6.07) is 13.4. The molecule has 122 valence electrons. The number of rotatable bonds is 4. The Bertz CT molecular complexity index is 851. The van der Waals surface area contributed by atoms with Crippen LogP contribution in [0.3, 0.4) is 0 Å². The molecule has 0 radical (unpaired) electrons. The van der Waals surface area contributed by atoms with Gasteiger partial charge in [-0.05, 0) is 43.1 Å². The number of nitrogens with zero attached hydrogens (tertiary/aromatic N) is 1. The average molecular weight is 321 g/mol. The van der Waals surface area contributed by atoms with Gasteiger partial charge < -0.3 is 15.1 Å². The van der Waals surface area contributed by atoms with E-state index < -0.39 is 0 Å². The number of carbonyl (C=O) groups excluding carboxylic acids is 1. The number of pyridine rings is 1. The number of hydrogen-bond acceptors (Lipinski definition) is 4. The van der Waals surface area contributed by atoms with Gasteiger partial charge in [0.1, 0.15) is 11.3 Å². The lowest BCUT2D eigenvalue weighted by Crippen LogP contribution is -2.22. The Morgan fingerprint density at radius 1 is 1.29 bits per heavy atom. The maximum Gasteiger partial charge on any atom is 0.251 e. The molecule has 0 saturated carbocycles. The van der Waals surface area contributed by atoms with E-state index >= 15 is 0 Å². The quantitative estimate of drug-likeness (QED) is 0.774. The van der Waals surface area contributed by atoms with Crippen molar-refractivity contribution in [3.05, 3.63) is 65.5 Å². The number of nitrogens with one attached hydrogen (secondary N) is 2. The van der Waals surface area contributed by atoms with Crippen LogP contribution in [-0.2, 0) is 6.54 Å². The highest BCUT2D eigenvalue weighted by Gasteiger charge is 2.20. The van der Waals surface area contributed by atoms with Crippen molar-refractivity contribution < 1.29 is 9.21 Å². The van der Waals surface area contributed by atoms with Crippen LogP contribution in [0.1, 0.15) is 40.6 Å². The van der Waals surface area contributed by atoms with E-state index in [4.69, 9.17) is 4.42 Å². The SMILES string of the molecule is O=C(NCc1cnc2cc(C3CCCN3)oc2c1)c1ccccc1. The molecule has 0 bridgehead atoms. The molecule has 3 heterocycles. The number of fused-ring (bicyclic) bond motifs is 1. The molecule has 1 atom stereocenters. The molecule has 3 aromatic rings. The third-order valence-electron chi connectivity index (χ3n) is 4.34. The second-order valence-corrected chi connectivity index (χ2v) is 6.07. The fourth-order valence-electron chi connectivity index (χ4n) is 3.05. The third-order valence-corrected chi connectivity index (χ3v) is 4.34. The molecule has 2 N–H and O–H groups in total. The van der Waals surface area contributed by atoms with Gasteiger partial charge >= 0.3 is 0 Å². The van der Waals surface area contributed by atoms with Gasteiger partial charge in [0, 0.05) is 24.4 Å². The Balaban J connectivity index is 1.47. The van der Waals surface area contributed by atoms with Gasteiger partial charge in [0.2, 0.25) is 0 Å². The predicted molar refractivity (Wildman–Crippen MR) is 91.6 cm³/mol. The maximum absolute atomic E-state index is 12.1. The number of benzene rings is 1. The molecular weight excluding hydrogens is 302 g/mol. The summed E-state index contributed by atoms with van der Waals surface area (Å²) < 4.78 is 5.95. The summed E-state index contributed by atoms with van der Waals surface area (Å²) in [6.45, 7) is 1.46. The lowest BCUT2D eigenvalue weighted by atomic mass is 10.2. The third kappa shape index (κ3) is 3.03. The Morgan fingerprint density at radius 3 is 2.96 bits per heavy atom. The van der Waals surface area contributed by atoms with E-state index in [1.165, 1.54) is 6.42 Å². The fraction of sp³-hybridized carbons (Fsp3) is 0.263. The molecule has 0 aliphatic carbocycles. The van der Waals surface area contributed by atoms with Crippen molar-refractivity contribution in [3.8, 4) is 0 Å². The number of carbonyl (C=O) groups is 1. The smallest absolute Gasteiger partial charge is 0.251 e. The van der Waals surface area contributed by atoms with Crippen LogP contribution in [0.2, 0.25) is 0 Å². The van der Waals surface area contributed by atoms with Crippen molar-refractivity contribution in [1.82, 2.24) is 15.6 Å². The molecule has 1 unspecified atom stereocenters. The molecule has 1 saturated heterocycles. The van der Waals surface area contributed by atoms with Gasteiger partial charge in [0.05, 0.1) is 6.04 Å². The van der Waals surface area contributed by atoms with Gasteiger partial charge in [-0.2, -0.15) is 0 Å². The van der Waals surface area contributed by atoms with E-state index in [2.05, 4.69) is 15.6 Å². The molecule has 2 aromatic heterocycles. The van der Waals surface area contributed by atoms with Gasteiger partial charge in [-0.15, -0.1) is 0 Å². The van der Waals surface area contributed by atoms with Crippen LogP contribution in [0.15, 0.2) is 53.1 Å². The molecule has 4 rings (SSSR count). The summed E-state index contributed by atoms with van der Waals surface area (Å²) in [5.41, 5.74) is 3.20. The molecule has 1 aliphatic rings. The van der Waals surface area contributed by atoms with E-state index in [0.717, 1.165) is 35.4 Å². The van der Waals surface area contributed by atoms with Crippen molar-refractivity contribution in [1.29, 1.82) is 0 Å². The molecular formula is C19H19N3O2. The molecule has 5 nitrogen and oxygen atoms in total. The fourth-order valence-corrected chi connectivity index (χ4v) is 3.05. The van der Waals surface area contributed by atoms with Gasteiger partial charge in [0.15, 0.2) is 5.58 Å². The van der Waals surface area contributed by atoms with Crippen molar-refractivity contribution in [2.45, 2.75) is 25.4 Å². The number of hydrogen-bond donors (Lipinski definition) is 2. The lowest BCUT2D eigenvalue weighted by molar-refractivity contribution is 0.0951. The van der Waals surface area contributed by atoms with Crippen LogP contribution < -0.4 is 10.6 Å². The van der Waals surface area contributed by atoms with Gasteiger partial charge in [-0.25, -0.2) is 0 Å². The largest absolute Gasteiger partial charge is 0.458 e. The predicted octanol–water partition coefficient (Wildman–Crippen LogP) is 3.18. The van der Waals surface area contributed by atoms with Crippen molar-refractivity contribution in [2.75, 3.05) is 6.54 Å². The molecule has 1 aliphatic heterocycles. The summed E-state index contributed by atoms with van der Waals surface area (Å²) >= 11 is 0. The van der Waals surface area contributed by atoms with Gasteiger partial charge in [-0.3, -0.25) is 9.78 Å². The molecule has 1 amide bonds. The molecule has 0 spiro atoms. The standard InChI is InChI=1S/C19H19N3O2/c23-19(14-5-2-1-3-6-14)22-12-13-9-17-16(21-11-13)10-18(24-17)15-7-4-8-20-15/h1-3,5-6,9-11,15,20H,4,7-8,12H2,(H,22,23). The summed E-state index contributed by atoms with van der Waals surface area (Å²) in [4.78, 5) is 16.5. The second kappa shape index (κ2) is 6.45. The minimum absolute atomic E-state index is 0.0917. The lowest BCUT2D eigenvalue weighted by Gasteiger charge is -2.05. The zero-order valence-electron chi connectivity index (χ0n) is 13.3. The van der Waals surface area contributed by atoms with Crippen molar-refractivity contribution in [2.24, 2.45) is 0 Å². The topological polar surface area (TPSA) is 67.2 Å². The Morgan fingerprint density at radius 2 is 2.17 bits per heavy atom. The maximum atomic E-state index is 12.1. The summed E-state index contributed by atoms with van der Waals surface area (Å²) in [5, 5.41) is 6.34. The monoisotopic (exact) mass is 321 g/mol. The average Bonchev–Trinajstić information content (AvgIpc) is 3.29. The molecule has 24 heavy (non-hydrogen) atoms. The van der Waals surface area contributed by atoms with Crippen LogP contribution in [-0.4, -0.2) is 17.4 Å². The minimum Gasteiger partial charge on any atom is -0.458 e. The first kappa shape index (κ1) is 14.9. The Labute approximate surface area is 140 Å². The first-order valence-corrected chi connectivity index (χ1v) is 8.24. The van der Waals surface area contributed by atoms with Crippen LogP contribution >= 0.6 is 0 Å². The normalized spacial score (nSPS) is 17.2. The number of aromatic nitrogens is 1. The zero-order valence-corrected chi connectivity index (χ0v) is 13.3. The highest BCUT2D eigenvalue weighted by atomic mass is 16.3. The summed E-state index contributed by atoms with van der Waals surface area (Å²) in [5.74, 6) is 0.853. The van der Waals surface area contributed by atoms with E-state index in [0.29, 0.717) is 18.2 Å². The Hall–Kier alpha value is -2.66. The number of amides is 1. The van der Waals surface area contributed by atoms with E-state index in [9.17, 15) is 4.79 Å². The van der Waals surface area contributed by atoms with Crippen LogP contribution in [0.25, 0.3) is 11.1 Å². The second-order valence-electron chi connectivity index (χ2n) is 6.07. The Kier molecular flexibility index (Phi) is 4.01. The first-order valence-electron chi connectivity index (χ1n) is 8.24. The van der Waals surface area contributed by atoms with E-state index in [1.807, 2.05) is 30.3 Å². The van der Waals surface area contributed by atoms with Gasteiger partial charge in [-0.1, -0.05) is 18.2 Å². The molecule has 5 heteroatoms. The first-order chi connectivity index (χ1) is 11.8. The van der Waals surface area contributed by atoms with E-state index in [-0.39, 0.29) is 5.91 Å². The number of furan rings is 1. The van der Waals surface area contributed by atoms with E-state index in [1.54, 1.807) is 18.3 Å². The van der Waals surface area contributed by atoms with Gasteiger partial charge in [0.25, 0.3) is 5.91 Å². The highest BCUT2D eigenvalue weighted by Crippen LogP contribution is 2.28. The van der Waals surface area contributed by atoms with Crippen LogP contribution in [0.5, 0.6) is 0 Å². The van der Waals surface area contributed by atoms with Crippen LogP contribution in [0.4, 0.5) is 0 Å². The van der Waals surface area contributed by atoms with Crippen molar-refractivity contribution in [3.63, 3.8) is 0 Å². The minimum atomic E-state index is -0.0917. The molecule has 1 aromatic carbocycles. The summed E-state index contributed by atoms with van der Waals surface area (Å²) in [6.07, 6.45) is 4.06. The zero-order chi connectivity index (χ0) is 16.4. The molecule has 1 fully saturated rings. The highest BCUT2D eigenvalue weighted by molar-refractivity contribution is 5.94. The van der Waals surface area contributed by atoms with Crippen LogP contribution in [0, 0.1) is 0 Å². The van der Waals surface area contributed by atoms with Crippen molar-refractivity contribution >= 4 is 17.0 Å². The summed E-state index contributed by atoms with van der Waals surface area (Å²) in [7, 11) is 0.